The van der Waals surface area contributed by atoms with E-state index in [0.717, 1.165) is 18.4 Å². The van der Waals surface area contributed by atoms with E-state index in [1.165, 1.54) is 0 Å². The van der Waals surface area contributed by atoms with E-state index in [4.69, 9.17) is 9.47 Å². The van der Waals surface area contributed by atoms with Crippen LogP contribution >= 0.6 is 0 Å². The molecule has 3 aromatic heterocycles. The molecule has 1 saturated carbocycles. The van der Waals surface area contributed by atoms with Crippen LogP contribution in [0.25, 0.3) is 5.65 Å². The first-order valence-electron chi connectivity index (χ1n) is 10.8. The summed E-state index contributed by atoms with van der Waals surface area (Å²) in [7, 11) is 0. The second-order valence-corrected chi connectivity index (χ2v) is 8.52. The molecule has 172 valence electrons. The Morgan fingerprint density at radius 2 is 2.27 bits per heavy atom. The molecular formula is C21H23FN8O3. The number of aromatic amines is 1. The van der Waals surface area contributed by atoms with Gasteiger partial charge in [0.2, 0.25) is 5.95 Å². The molecular weight excluding hydrogens is 431 g/mol. The summed E-state index contributed by atoms with van der Waals surface area (Å²) < 4.78 is 27.3. The predicted octanol–water partition coefficient (Wildman–Crippen LogP) is 2.86. The van der Waals surface area contributed by atoms with E-state index in [1.54, 1.807) is 36.7 Å². The van der Waals surface area contributed by atoms with Crippen LogP contribution < -0.4 is 10.6 Å². The average molecular weight is 454 g/mol. The number of nitrogens with one attached hydrogen (secondary N) is 3. The van der Waals surface area contributed by atoms with Gasteiger partial charge in [-0.1, -0.05) is 0 Å². The highest BCUT2D eigenvalue weighted by Crippen LogP contribution is 2.42. The van der Waals surface area contributed by atoms with Crippen molar-refractivity contribution in [2.75, 3.05) is 11.9 Å². The quantitative estimate of drug-likeness (QED) is 0.516. The number of fused-ring (bicyclic) bond motifs is 1. The zero-order chi connectivity index (χ0) is 23.1. The number of anilines is 2. The first-order chi connectivity index (χ1) is 15.9. The molecule has 1 aliphatic heterocycles. The molecule has 33 heavy (non-hydrogen) atoms. The first-order valence-corrected chi connectivity index (χ1v) is 10.8. The molecule has 0 spiro atoms. The number of alkyl halides is 1. The van der Waals surface area contributed by atoms with Crippen molar-refractivity contribution in [2.45, 2.75) is 57.0 Å². The Hall–Kier alpha value is -3.72. The molecule has 0 radical (unpaired) electrons. The molecule has 12 heteroatoms. The van der Waals surface area contributed by atoms with Gasteiger partial charge in [0.15, 0.2) is 23.8 Å². The zero-order valence-corrected chi connectivity index (χ0v) is 18.1. The first kappa shape index (κ1) is 21.1. The third kappa shape index (κ3) is 4.19. The van der Waals surface area contributed by atoms with Crippen molar-refractivity contribution in [3.63, 3.8) is 0 Å². The number of amides is 1. The maximum atomic E-state index is 14.9. The third-order valence-electron chi connectivity index (χ3n) is 5.54. The summed E-state index contributed by atoms with van der Waals surface area (Å²) in [5, 5.41) is 21.9. The Labute approximate surface area is 188 Å². The van der Waals surface area contributed by atoms with E-state index < -0.39 is 24.5 Å². The number of imidazole rings is 1. The van der Waals surface area contributed by atoms with Gasteiger partial charge in [0, 0.05) is 23.9 Å². The van der Waals surface area contributed by atoms with Crippen LogP contribution in [0, 0.1) is 11.3 Å². The fourth-order valence-electron chi connectivity index (χ4n) is 3.83. The summed E-state index contributed by atoms with van der Waals surface area (Å²) in [6.45, 7) is 3.51. The molecule has 3 aromatic rings. The average Bonchev–Trinajstić information content (AvgIpc) is 3.18. The van der Waals surface area contributed by atoms with Crippen LogP contribution in [-0.2, 0) is 9.47 Å². The highest BCUT2D eigenvalue weighted by Gasteiger charge is 2.42. The zero-order valence-electron chi connectivity index (χ0n) is 18.1. The lowest BCUT2D eigenvalue weighted by atomic mass is 10.1. The number of nitriles is 1. The van der Waals surface area contributed by atoms with Crippen LogP contribution in [0.4, 0.5) is 21.0 Å². The number of H-pyrrole nitrogens is 1. The minimum Gasteiger partial charge on any atom is -0.441 e. The molecule has 1 aliphatic carbocycles. The number of nitrogens with zero attached hydrogens (tertiary/aromatic N) is 5. The summed E-state index contributed by atoms with van der Waals surface area (Å²) in [6, 6.07) is 3.55. The number of hydrogen-bond donors (Lipinski definition) is 3. The molecule has 4 heterocycles. The van der Waals surface area contributed by atoms with Crippen LogP contribution in [0.3, 0.4) is 0 Å². The van der Waals surface area contributed by atoms with Crippen LogP contribution in [0.5, 0.6) is 0 Å². The largest absolute Gasteiger partial charge is 0.441 e. The second-order valence-electron chi connectivity index (χ2n) is 8.52. The SMILES string of the molecule is CC(C)NC(=O)O[C@H]1CO[C@@H](c2cc(Nc3ncc(C4CC4)c4nc(C#N)cn34)n[nH]2)[C@@H]1F. The molecule has 1 amide bonds. The lowest BCUT2D eigenvalue weighted by molar-refractivity contribution is 0.0615. The lowest BCUT2D eigenvalue weighted by Crippen LogP contribution is -2.36. The molecule has 0 aromatic carbocycles. The lowest BCUT2D eigenvalue weighted by Gasteiger charge is -2.16. The van der Waals surface area contributed by atoms with Crippen molar-refractivity contribution >= 4 is 23.5 Å². The Kier molecular flexibility index (Phi) is 5.33. The van der Waals surface area contributed by atoms with E-state index in [-0.39, 0.29) is 12.6 Å². The molecule has 0 unspecified atom stereocenters. The van der Waals surface area contributed by atoms with E-state index in [1.807, 2.05) is 0 Å². The Bertz CT molecular complexity index is 1230. The third-order valence-corrected chi connectivity index (χ3v) is 5.54. The topological polar surface area (TPSA) is 142 Å². The molecule has 2 fully saturated rings. The number of aromatic nitrogens is 5. The van der Waals surface area contributed by atoms with Gasteiger partial charge >= 0.3 is 6.09 Å². The standard InChI is InChI=1S/C21H23FN8O3/c1-10(2)25-21(31)33-15-9-32-18(17(15)22)14-5-16(29-28-14)27-20-24-7-13(11-3-4-11)19-26-12(6-23)8-30(19)20/h5,7-8,10-11,15,17-18H,3-4,9H2,1-2H3,(H,25,31)(H2,24,27,28,29)/t15-,17+,18-/m0/s1. The van der Waals surface area contributed by atoms with Crippen molar-refractivity contribution in [1.82, 2.24) is 29.9 Å². The maximum absolute atomic E-state index is 14.9. The number of carbonyl (C=O) groups excluding carboxylic acids is 1. The van der Waals surface area contributed by atoms with Gasteiger partial charge in [0.05, 0.1) is 18.5 Å². The molecule has 5 rings (SSSR count). The van der Waals surface area contributed by atoms with E-state index in [9.17, 15) is 14.4 Å². The minimum absolute atomic E-state index is 0.0596. The fourth-order valence-corrected chi connectivity index (χ4v) is 3.83. The normalized spacial score (nSPS) is 22.5. The Balaban J connectivity index is 1.31. The number of rotatable bonds is 6. The highest BCUT2D eigenvalue weighted by molar-refractivity contribution is 5.67. The summed E-state index contributed by atoms with van der Waals surface area (Å²) >= 11 is 0. The Morgan fingerprint density at radius 3 is 3.00 bits per heavy atom. The van der Waals surface area contributed by atoms with Gasteiger partial charge < -0.3 is 20.1 Å². The number of ether oxygens (including phenoxy) is 2. The minimum atomic E-state index is -1.55. The van der Waals surface area contributed by atoms with Crippen molar-refractivity contribution in [2.24, 2.45) is 0 Å². The molecule has 11 nitrogen and oxygen atoms in total. The van der Waals surface area contributed by atoms with E-state index in [0.29, 0.717) is 34.7 Å². The summed E-state index contributed by atoms with van der Waals surface area (Å²) in [5.41, 5.74) is 2.39. The van der Waals surface area contributed by atoms with Gasteiger partial charge in [0.1, 0.15) is 17.8 Å². The summed E-state index contributed by atoms with van der Waals surface area (Å²) in [5.74, 6) is 1.24. The summed E-state index contributed by atoms with van der Waals surface area (Å²) in [4.78, 5) is 20.7. The number of alkyl carbamates (subject to hydrolysis) is 1. The van der Waals surface area contributed by atoms with Gasteiger partial charge in [-0.25, -0.2) is 19.2 Å². The summed E-state index contributed by atoms with van der Waals surface area (Å²) in [6.07, 6.45) is 1.34. The second kappa shape index (κ2) is 8.32. The van der Waals surface area contributed by atoms with Gasteiger partial charge in [-0.2, -0.15) is 10.4 Å². The van der Waals surface area contributed by atoms with Crippen LogP contribution in [-0.4, -0.2) is 55.6 Å². The molecule has 1 saturated heterocycles. The van der Waals surface area contributed by atoms with Crippen LogP contribution in [0.1, 0.15) is 55.7 Å². The van der Waals surface area contributed by atoms with Crippen molar-refractivity contribution in [3.05, 3.63) is 35.4 Å². The van der Waals surface area contributed by atoms with Gasteiger partial charge in [-0.3, -0.25) is 9.50 Å². The van der Waals surface area contributed by atoms with Gasteiger partial charge in [0.25, 0.3) is 0 Å². The van der Waals surface area contributed by atoms with Crippen molar-refractivity contribution in [3.8, 4) is 6.07 Å². The van der Waals surface area contributed by atoms with Gasteiger partial charge in [-0.15, -0.1) is 0 Å². The highest BCUT2D eigenvalue weighted by atomic mass is 19.1. The fraction of sp³-hybridized carbons (Fsp3) is 0.476. The van der Waals surface area contributed by atoms with Crippen LogP contribution in [0.15, 0.2) is 18.5 Å². The monoisotopic (exact) mass is 454 g/mol. The predicted molar refractivity (Wildman–Crippen MR) is 114 cm³/mol. The van der Waals surface area contributed by atoms with E-state index in [2.05, 4.69) is 36.9 Å². The Morgan fingerprint density at radius 1 is 1.45 bits per heavy atom. The number of carbonyl (C=O) groups is 1. The van der Waals surface area contributed by atoms with Crippen molar-refractivity contribution in [1.29, 1.82) is 5.26 Å². The smallest absolute Gasteiger partial charge is 0.407 e. The maximum Gasteiger partial charge on any atom is 0.407 e. The molecule has 0 bridgehead atoms. The van der Waals surface area contributed by atoms with Gasteiger partial charge in [-0.05, 0) is 32.6 Å². The molecule has 2 aliphatic rings. The van der Waals surface area contributed by atoms with Crippen molar-refractivity contribution < 1.29 is 18.7 Å². The van der Waals surface area contributed by atoms with Crippen LogP contribution in [0.2, 0.25) is 0 Å². The number of halogens is 1. The number of hydrogen-bond acceptors (Lipinski definition) is 8. The molecule has 3 N–H and O–H groups in total. The molecule has 3 atom stereocenters. The van der Waals surface area contributed by atoms with E-state index >= 15 is 0 Å².